The Morgan fingerprint density at radius 3 is 2.85 bits per heavy atom. The summed E-state index contributed by atoms with van der Waals surface area (Å²) in [6.45, 7) is 0. The highest BCUT2D eigenvalue weighted by molar-refractivity contribution is 5.80. The first kappa shape index (κ1) is 7.67. The van der Waals surface area contributed by atoms with Crippen LogP contribution in [0.4, 0.5) is 0 Å². The molecule has 0 aliphatic carbocycles. The maximum absolute atomic E-state index is 10.7. The molecule has 0 aliphatic heterocycles. The number of carbonyl (C=O) groups excluding carboxylic acids is 1. The molecule has 13 heavy (non-hydrogen) atoms. The SMILES string of the molecule is O=Cc1ccccc1-n1ccnn1. The van der Waals surface area contributed by atoms with Crippen molar-refractivity contribution in [3.8, 4) is 5.69 Å². The van der Waals surface area contributed by atoms with Gasteiger partial charge in [0, 0.05) is 5.56 Å². The Labute approximate surface area is 74.8 Å². The van der Waals surface area contributed by atoms with Crippen LogP contribution in [0, 0.1) is 0 Å². The minimum Gasteiger partial charge on any atom is -0.298 e. The zero-order chi connectivity index (χ0) is 9.10. The fourth-order valence-corrected chi connectivity index (χ4v) is 1.13. The molecule has 1 aromatic heterocycles. The van der Waals surface area contributed by atoms with Gasteiger partial charge in [-0.3, -0.25) is 4.79 Å². The molecule has 0 N–H and O–H groups in total. The lowest BCUT2D eigenvalue weighted by molar-refractivity contribution is 0.112. The molecular formula is C9H7N3O. The fraction of sp³-hybridized carbons (Fsp3) is 0. The van der Waals surface area contributed by atoms with Gasteiger partial charge in [0.15, 0.2) is 6.29 Å². The number of carbonyl (C=O) groups is 1. The van der Waals surface area contributed by atoms with Crippen molar-refractivity contribution >= 4 is 6.29 Å². The summed E-state index contributed by atoms with van der Waals surface area (Å²) in [7, 11) is 0. The standard InChI is InChI=1S/C9H7N3O/c13-7-8-3-1-2-4-9(8)12-6-5-10-11-12/h1-7H. The van der Waals surface area contributed by atoms with Gasteiger partial charge in [-0.25, -0.2) is 4.68 Å². The Morgan fingerprint density at radius 1 is 1.31 bits per heavy atom. The molecule has 1 aromatic carbocycles. The van der Waals surface area contributed by atoms with Crippen molar-refractivity contribution in [2.24, 2.45) is 0 Å². The third-order valence-corrected chi connectivity index (χ3v) is 1.73. The first-order valence-electron chi connectivity index (χ1n) is 3.83. The molecule has 0 saturated carbocycles. The van der Waals surface area contributed by atoms with E-state index in [4.69, 9.17) is 0 Å². The third kappa shape index (κ3) is 1.33. The number of hydrogen-bond acceptors (Lipinski definition) is 3. The molecule has 0 bridgehead atoms. The van der Waals surface area contributed by atoms with Crippen molar-refractivity contribution in [2.45, 2.75) is 0 Å². The lowest BCUT2D eigenvalue weighted by Gasteiger charge is -2.01. The second-order valence-electron chi connectivity index (χ2n) is 2.52. The van der Waals surface area contributed by atoms with Gasteiger partial charge in [0.2, 0.25) is 0 Å². The predicted octanol–water partition coefficient (Wildman–Crippen LogP) is 1.08. The Morgan fingerprint density at radius 2 is 2.15 bits per heavy atom. The van der Waals surface area contributed by atoms with Crippen LogP contribution in [0.5, 0.6) is 0 Å². The molecule has 0 aliphatic rings. The van der Waals surface area contributed by atoms with E-state index in [1.165, 1.54) is 0 Å². The molecule has 0 radical (unpaired) electrons. The van der Waals surface area contributed by atoms with Crippen molar-refractivity contribution in [2.75, 3.05) is 0 Å². The van der Waals surface area contributed by atoms with Crippen LogP contribution >= 0.6 is 0 Å². The molecule has 2 rings (SSSR count). The van der Waals surface area contributed by atoms with Gasteiger partial charge in [0.25, 0.3) is 0 Å². The van der Waals surface area contributed by atoms with Crippen molar-refractivity contribution in [1.82, 2.24) is 15.0 Å². The molecule has 0 fully saturated rings. The fourth-order valence-electron chi connectivity index (χ4n) is 1.13. The maximum Gasteiger partial charge on any atom is 0.152 e. The molecule has 64 valence electrons. The van der Waals surface area contributed by atoms with Crippen LogP contribution in [0.15, 0.2) is 36.7 Å². The van der Waals surface area contributed by atoms with Crippen molar-refractivity contribution in [3.63, 3.8) is 0 Å². The van der Waals surface area contributed by atoms with E-state index in [1.807, 2.05) is 18.2 Å². The zero-order valence-electron chi connectivity index (χ0n) is 6.79. The van der Waals surface area contributed by atoms with E-state index < -0.39 is 0 Å². The lowest BCUT2D eigenvalue weighted by atomic mass is 10.2. The van der Waals surface area contributed by atoms with Gasteiger partial charge < -0.3 is 0 Å². The van der Waals surface area contributed by atoms with E-state index in [0.717, 1.165) is 12.0 Å². The number of hydrogen-bond donors (Lipinski definition) is 0. The average molecular weight is 173 g/mol. The predicted molar refractivity (Wildman–Crippen MR) is 46.7 cm³/mol. The number of nitrogens with zero attached hydrogens (tertiary/aromatic N) is 3. The molecule has 0 spiro atoms. The van der Waals surface area contributed by atoms with Crippen LogP contribution in [-0.2, 0) is 0 Å². The van der Waals surface area contributed by atoms with E-state index >= 15 is 0 Å². The Bertz CT molecular complexity index is 409. The van der Waals surface area contributed by atoms with Gasteiger partial charge in [0.1, 0.15) is 0 Å². The number of aromatic nitrogens is 3. The maximum atomic E-state index is 10.7. The summed E-state index contributed by atoms with van der Waals surface area (Å²) in [5.41, 5.74) is 1.35. The topological polar surface area (TPSA) is 47.8 Å². The first-order chi connectivity index (χ1) is 6.42. The molecule has 2 aromatic rings. The first-order valence-corrected chi connectivity index (χ1v) is 3.83. The second-order valence-corrected chi connectivity index (χ2v) is 2.52. The number of rotatable bonds is 2. The van der Waals surface area contributed by atoms with Crippen LogP contribution < -0.4 is 0 Å². The van der Waals surface area contributed by atoms with E-state index in [2.05, 4.69) is 10.3 Å². The molecule has 0 unspecified atom stereocenters. The highest BCUT2D eigenvalue weighted by atomic mass is 16.1. The third-order valence-electron chi connectivity index (χ3n) is 1.73. The number of para-hydroxylation sites is 1. The summed E-state index contributed by atoms with van der Waals surface area (Å²) < 4.78 is 1.56. The summed E-state index contributed by atoms with van der Waals surface area (Å²) in [4.78, 5) is 10.7. The summed E-state index contributed by atoms with van der Waals surface area (Å²) in [5, 5.41) is 7.47. The Balaban J connectivity index is 2.57. The van der Waals surface area contributed by atoms with Crippen LogP contribution in [0.3, 0.4) is 0 Å². The average Bonchev–Trinajstić information content (AvgIpc) is 2.70. The van der Waals surface area contributed by atoms with E-state index in [0.29, 0.717) is 5.56 Å². The van der Waals surface area contributed by atoms with Crippen LogP contribution in [0.2, 0.25) is 0 Å². The molecule has 4 nitrogen and oxygen atoms in total. The number of aldehydes is 1. The van der Waals surface area contributed by atoms with Gasteiger partial charge in [-0.1, -0.05) is 17.3 Å². The molecule has 0 saturated heterocycles. The second kappa shape index (κ2) is 3.18. The summed E-state index contributed by atoms with van der Waals surface area (Å²) >= 11 is 0. The van der Waals surface area contributed by atoms with Crippen molar-refractivity contribution < 1.29 is 4.79 Å². The minimum absolute atomic E-state index is 0.605. The van der Waals surface area contributed by atoms with Gasteiger partial charge >= 0.3 is 0 Å². The summed E-state index contributed by atoms with van der Waals surface area (Å²) in [5.74, 6) is 0. The van der Waals surface area contributed by atoms with Gasteiger partial charge in [-0.15, -0.1) is 5.10 Å². The van der Waals surface area contributed by atoms with Crippen LogP contribution in [0.25, 0.3) is 5.69 Å². The highest BCUT2D eigenvalue weighted by Gasteiger charge is 2.01. The van der Waals surface area contributed by atoms with Crippen molar-refractivity contribution in [1.29, 1.82) is 0 Å². The summed E-state index contributed by atoms with van der Waals surface area (Å²) in [6.07, 6.45) is 4.07. The monoisotopic (exact) mass is 173 g/mol. The highest BCUT2D eigenvalue weighted by Crippen LogP contribution is 2.09. The summed E-state index contributed by atoms with van der Waals surface area (Å²) in [6, 6.07) is 7.22. The van der Waals surface area contributed by atoms with Gasteiger partial charge in [-0.05, 0) is 12.1 Å². The molecule has 0 amide bonds. The van der Waals surface area contributed by atoms with E-state index in [-0.39, 0.29) is 0 Å². The Kier molecular flexibility index (Phi) is 1.88. The molecule has 4 heteroatoms. The normalized spacial score (nSPS) is 9.85. The number of benzene rings is 1. The van der Waals surface area contributed by atoms with Crippen LogP contribution in [-0.4, -0.2) is 21.3 Å². The largest absolute Gasteiger partial charge is 0.298 e. The molecular weight excluding hydrogens is 166 g/mol. The van der Waals surface area contributed by atoms with E-state index in [9.17, 15) is 4.79 Å². The smallest absolute Gasteiger partial charge is 0.152 e. The van der Waals surface area contributed by atoms with Crippen LogP contribution in [0.1, 0.15) is 10.4 Å². The van der Waals surface area contributed by atoms with Gasteiger partial charge in [0.05, 0.1) is 18.1 Å². The van der Waals surface area contributed by atoms with Crippen molar-refractivity contribution in [3.05, 3.63) is 42.2 Å². The van der Waals surface area contributed by atoms with E-state index in [1.54, 1.807) is 23.1 Å². The Hall–Kier alpha value is -1.97. The minimum atomic E-state index is 0.605. The quantitative estimate of drug-likeness (QED) is 0.638. The van der Waals surface area contributed by atoms with Gasteiger partial charge in [-0.2, -0.15) is 0 Å². The molecule has 0 atom stereocenters. The molecule has 1 heterocycles. The lowest BCUT2D eigenvalue weighted by Crippen LogP contribution is -1.99. The zero-order valence-corrected chi connectivity index (χ0v) is 6.79.